The number of methoxy groups -OCH3 is 1. The van der Waals surface area contributed by atoms with Crippen LogP contribution in [0.25, 0.3) is 0 Å². The van der Waals surface area contributed by atoms with Gasteiger partial charge >= 0.3 is 0 Å². The fraction of sp³-hybridized carbons (Fsp3) is 0.364. The van der Waals surface area contributed by atoms with Gasteiger partial charge in [-0.05, 0) is 35.4 Å². The van der Waals surface area contributed by atoms with E-state index in [-0.39, 0.29) is 5.91 Å². The number of aldehydes is 1. The number of anilines is 1. The number of carbonyl (C=O) groups is 2. The molecule has 2 aliphatic heterocycles. The summed E-state index contributed by atoms with van der Waals surface area (Å²) in [6, 6.07) is 13.4. The molecule has 1 amide bonds. The van der Waals surface area contributed by atoms with E-state index in [1.807, 2.05) is 36.4 Å². The Morgan fingerprint density at radius 3 is 2.57 bits per heavy atom. The maximum absolute atomic E-state index is 12.5. The third-order valence-electron chi connectivity index (χ3n) is 5.70. The predicted molar refractivity (Wildman–Crippen MR) is 113 cm³/mol. The van der Waals surface area contributed by atoms with Crippen LogP contribution in [0.5, 0.6) is 5.75 Å². The molecular formula is C22H26N4O4. The van der Waals surface area contributed by atoms with E-state index in [1.165, 1.54) is 0 Å². The van der Waals surface area contributed by atoms with Crippen LogP contribution >= 0.6 is 0 Å². The van der Waals surface area contributed by atoms with Gasteiger partial charge in [-0.3, -0.25) is 15.0 Å². The average molecular weight is 410 g/mol. The second kappa shape index (κ2) is 8.83. The second-order valence-corrected chi connectivity index (χ2v) is 7.42. The van der Waals surface area contributed by atoms with Crippen molar-refractivity contribution in [2.45, 2.75) is 12.1 Å². The summed E-state index contributed by atoms with van der Waals surface area (Å²) >= 11 is 0. The summed E-state index contributed by atoms with van der Waals surface area (Å²) in [5.74, 6) is 0.553. The van der Waals surface area contributed by atoms with Gasteiger partial charge in [0, 0.05) is 37.4 Å². The number of nitrogens with one attached hydrogen (secondary N) is 3. The molecule has 8 heteroatoms. The zero-order valence-corrected chi connectivity index (χ0v) is 16.9. The molecule has 30 heavy (non-hydrogen) atoms. The van der Waals surface area contributed by atoms with Gasteiger partial charge in [0.15, 0.2) is 11.8 Å². The van der Waals surface area contributed by atoms with Gasteiger partial charge in [0.1, 0.15) is 5.75 Å². The lowest BCUT2D eigenvalue weighted by Gasteiger charge is -2.42. The number of hydrogen-bond donors (Lipinski definition) is 3. The predicted octanol–water partition coefficient (Wildman–Crippen LogP) is 0.964. The summed E-state index contributed by atoms with van der Waals surface area (Å²) in [5.41, 5.74) is 8.30. The standard InChI is InChI=1S/C22H26N4O4/c1-29-20-7-2-16(17(12-20)14-27)13-23-15-22(21(28)24-25-22)18-3-5-19(6-4-18)26-8-10-30-11-9-26/h2-7,12,14,23,25H,8-11,13,15H2,1H3,(H,24,28)/t22-/m0/s1. The average Bonchev–Trinajstić information content (AvgIpc) is 2.81. The summed E-state index contributed by atoms with van der Waals surface area (Å²) < 4.78 is 10.6. The number of ether oxygens (including phenoxy) is 2. The highest BCUT2D eigenvalue weighted by molar-refractivity contribution is 5.92. The number of nitrogens with zero attached hydrogens (tertiary/aromatic N) is 1. The Morgan fingerprint density at radius 2 is 1.97 bits per heavy atom. The first-order chi connectivity index (χ1) is 14.7. The summed E-state index contributed by atoms with van der Waals surface area (Å²) in [5, 5.41) is 3.31. The Labute approximate surface area is 175 Å². The summed E-state index contributed by atoms with van der Waals surface area (Å²) in [6.07, 6.45) is 0.813. The van der Waals surface area contributed by atoms with Crippen molar-refractivity contribution in [3.8, 4) is 5.75 Å². The van der Waals surface area contributed by atoms with Crippen molar-refractivity contribution in [1.29, 1.82) is 0 Å². The maximum atomic E-state index is 12.5. The fourth-order valence-corrected chi connectivity index (χ4v) is 3.83. The fourth-order valence-electron chi connectivity index (χ4n) is 3.83. The molecule has 0 radical (unpaired) electrons. The van der Waals surface area contributed by atoms with Gasteiger partial charge in [-0.1, -0.05) is 18.2 Å². The number of hydrazine groups is 1. The Balaban J connectivity index is 1.45. The van der Waals surface area contributed by atoms with E-state index in [0.29, 0.717) is 24.4 Å². The van der Waals surface area contributed by atoms with Crippen molar-refractivity contribution < 1.29 is 19.1 Å². The highest BCUT2D eigenvalue weighted by Crippen LogP contribution is 2.28. The van der Waals surface area contributed by atoms with E-state index in [1.54, 1.807) is 13.2 Å². The van der Waals surface area contributed by atoms with E-state index < -0.39 is 5.54 Å². The molecule has 0 bridgehead atoms. The van der Waals surface area contributed by atoms with Crippen LogP contribution < -0.4 is 25.8 Å². The van der Waals surface area contributed by atoms with Crippen molar-refractivity contribution in [3.05, 3.63) is 59.2 Å². The molecule has 3 N–H and O–H groups in total. The number of carbonyl (C=O) groups excluding carboxylic acids is 2. The van der Waals surface area contributed by atoms with Crippen molar-refractivity contribution in [2.24, 2.45) is 0 Å². The zero-order chi connectivity index (χ0) is 21.0. The maximum Gasteiger partial charge on any atom is 0.262 e. The summed E-state index contributed by atoms with van der Waals surface area (Å²) in [4.78, 5) is 26.1. The SMILES string of the molecule is COc1ccc(CNC[C@@]2(c3ccc(N4CCOCC4)cc3)NNC2=O)c(C=O)c1. The number of benzene rings is 2. The zero-order valence-electron chi connectivity index (χ0n) is 16.9. The van der Waals surface area contributed by atoms with E-state index in [4.69, 9.17) is 9.47 Å². The molecular weight excluding hydrogens is 384 g/mol. The molecule has 0 saturated carbocycles. The third kappa shape index (κ3) is 3.89. The Bertz CT molecular complexity index is 912. The van der Waals surface area contributed by atoms with Gasteiger partial charge in [0.25, 0.3) is 5.91 Å². The molecule has 2 saturated heterocycles. The lowest BCUT2D eigenvalue weighted by Crippen LogP contribution is -2.75. The van der Waals surface area contributed by atoms with Crippen LogP contribution in [0.2, 0.25) is 0 Å². The van der Waals surface area contributed by atoms with Crippen molar-refractivity contribution in [3.63, 3.8) is 0 Å². The number of morpholine rings is 1. The molecule has 1 atom stereocenters. The van der Waals surface area contributed by atoms with E-state index in [2.05, 4.69) is 21.1 Å². The van der Waals surface area contributed by atoms with Crippen LogP contribution in [-0.4, -0.2) is 52.2 Å². The van der Waals surface area contributed by atoms with E-state index in [9.17, 15) is 9.59 Å². The molecule has 2 aromatic carbocycles. The number of amides is 1. The molecule has 0 unspecified atom stereocenters. The van der Waals surface area contributed by atoms with Crippen LogP contribution in [0, 0.1) is 0 Å². The lowest BCUT2D eigenvalue weighted by atomic mass is 9.86. The van der Waals surface area contributed by atoms with E-state index in [0.717, 1.165) is 49.4 Å². The second-order valence-electron chi connectivity index (χ2n) is 7.42. The van der Waals surface area contributed by atoms with Crippen molar-refractivity contribution in [2.75, 3.05) is 44.9 Å². The van der Waals surface area contributed by atoms with Crippen LogP contribution in [0.4, 0.5) is 5.69 Å². The van der Waals surface area contributed by atoms with Gasteiger partial charge in [-0.2, -0.15) is 0 Å². The van der Waals surface area contributed by atoms with Gasteiger partial charge in [0.05, 0.1) is 20.3 Å². The Morgan fingerprint density at radius 1 is 1.20 bits per heavy atom. The first-order valence-corrected chi connectivity index (χ1v) is 10.00. The van der Waals surface area contributed by atoms with Gasteiger partial charge < -0.3 is 19.7 Å². The van der Waals surface area contributed by atoms with Crippen LogP contribution in [0.3, 0.4) is 0 Å². The molecule has 0 aliphatic carbocycles. The topological polar surface area (TPSA) is 91.9 Å². The normalized spacial score (nSPS) is 21.0. The molecule has 2 aliphatic rings. The van der Waals surface area contributed by atoms with Crippen LogP contribution in [0.15, 0.2) is 42.5 Å². The lowest BCUT2D eigenvalue weighted by molar-refractivity contribution is -0.140. The molecule has 8 nitrogen and oxygen atoms in total. The highest BCUT2D eigenvalue weighted by atomic mass is 16.5. The minimum Gasteiger partial charge on any atom is -0.497 e. The largest absolute Gasteiger partial charge is 0.497 e. The minimum absolute atomic E-state index is 0.0838. The summed E-state index contributed by atoms with van der Waals surface area (Å²) in [7, 11) is 1.57. The molecule has 0 spiro atoms. The monoisotopic (exact) mass is 410 g/mol. The first kappa shape index (κ1) is 20.3. The Hall–Kier alpha value is -2.94. The van der Waals surface area contributed by atoms with Crippen LogP contribution in [-0.2, 0) is 21.6 Å². The van der Waals surface area contributed by atoms with Crippen molar-refractivity contribution >= 4 is 17.9 Å². The smallest absolute Gasteiger partial charge is 0.262 e. The van der Waals surface area contributed by atoms with E-state index >= 15 is 0 Å². The number of rotatable bonds is 8. The van der Waals surface area contributed by atoms with Gasteiger partial charge in [-0.15, -0.1) is 0 Å². The molecule has 2 fully saturated rings. The minimum atomic E-state index is -0.836. The van der Waals surface area contributed by atoms with Crippen LogP contribution in [0.1, 0.15) is 21.5 Å². The number of hydrogen-bond acceptors (Lipinski definition) is 7. The summed E-state index contributed by atoms with van der Waals surface area (Å²) in [6.45, 7) is 4.04. The molecule has 2 aromatic rings. The molecule has 0 aromatic heterocycles. The Kier molecular flexibility index (Phi) is 5.98. The molecule has 4 rings (SSSR count). The quantitative estimate of drug-likeness (QED) is 0.559. The molecule has 158 valence electrons. The first-order valence-electron chi connectivity index (χ1n) is 10.00. The van der Waals surface area contributed by atoms with Gasteiger partial charge in [-0.25, -0.2) is 5.43 Å². The third-order valence-corrected chi connectivity index (χ3v) is 5.70. The van der Waals surface area contributed by atoms with Crippen molar-refractivity contribution in [1.82, 2.24) is 16.2 Å². The highest BCUT2D eigenvalue weighted by Gasteiger charge is 2.47. The van der Waals surface area contributed by atoms with Gasteiger partial charge in [0.2, 0.25) is 0 Å². The molecule has 2 heterocycles.